The van der Waals surface area contributed by atoms with Crippen molar-refractivity contribution in [2.24, 2.45) is 5.41 Å². The molecule has 1 aliphatic rings. The maximum atomic E-state index is 13.5. The van der Waals surface area contributed by atoms with Crippen molar-refractivity contribution in [1.29, 1.82) is 10.5 Å². The molecule has 2 aromatic carbocycles. The van der Waals surface area contributed by atoms with Crippen molar-refractivity contribution in [3.05, 3.63) is 65.5 Å². The number of sulfone groups is 1. The molecule has 0 spiro atoms. The molecule has 1 aliphatic carbocycles. The second-order valence-corrected chi connectivity index (χ2v) is 7.97. The summed E-state index contributed by atoms with van der Waals surface area (Å²) in [6.45, 7) is 1.83. The number of benzene rings is 2. The molecule has 1 fully saturated rings. The van der Waals surface area contributed by atoms with Crippen molar-refractivity contribution >= 4 is 9.84 Å². The van der Waals surface area contributed by atoms with Crippen LogP contribution in [-0.4, -0.2) is 13.7 Å². The zero-order valence-electron chi connectivity index (χ0n) is 12.8. The van der Waals surface area contributed by atoms with Gasteiger partial charge in [-0.1, -0.05) is 29.8 Å². The molecular weight excluding hydrogens is 327 g/mol. The summed E-state index contributed by atoms with van der Waals surface area (Å²) in [7, 11) is -3.89. The smallest absolute Gasteiger partial charge is 0.184 e. The van der Waals surface area contributed by atoms with Gasteiger partial charge in [-0.05, 0) is 36.8 Å². The van der Waals surface area contributed by atoms with Crippen LogP contribution in [-0.2, 0) is 9.84 Å². The van der Waals surface area contributed by atoms with Crippen molar-refractivity contribution in [3.8, 4) is 12.1 Å². The summed E-state index contributed by atoms with van der Waals surface area (Å²) in [5.41, 5.74) is -0.450. The van der Waals surface area contributed by atoms with E-state index in [1.165, 1.54) is 30.3 Å². The molecule has 0 aliphatic heterocycles. The number of nitrogens with zero attached hydrogens (tertiary/aromatic N) is 2. The van der Waals surface area contributed by atoms with Crippen molar-refractivity contribution < 1.29 is 12.8 Å². The highest BCUT2D eigenvalue weighted by Crippen LogP contribution is 2.63. The van der Waals surface area contributed by atoms with Gasteiger partial charge in [-0.15, -0.1) is 0 Å². The minimum Gasteiger partial charge on any atom is -0.223 e. The summed E-state index contributed by atoms with van der Waals surface area (Å²) in [4.78, 5) is 0.0619. The molecule has 120 valence electrons. The van der Waals surface area contributed by atoms with Gasteiger partial charge in [0.25, 0.3) is 0 Å². The molecule has 0 saturated heterocycles. The molecule has 6 heteroatoms. The molecule has 0 amide bonds. The third-order valence-electron chi connectivity index (χ3n) is 4.39. The second-order valence-electron chi connectivity index (χ2n) is 5.90. The number of aryl methyl sites for hydroxylation is 1. The zero-order valence-corrected chi connectivity index (χ0v) is 13.6. The van der Waals surface area contributed by atoms with E-state index in [1.54, 1.807) is 18.2 Å². The number of halogens is 1. The fourth-order valence-corrected chi connectivity index (χ4v) is 5.29. The second kappa shape index (κ2) is 5.43. The van der Waals surface area contributed by atoms with Crippen molar-refractivity contribution in [3.63, 3.8) is 0 Å². The maximum absolute atomic E-state index is 13.5. The van der Waals surface area contributed by atoms with Crippen LogP contribution < -0.4 is 0 Å². The normalized spacial score (nSPS) is 21.5. The molecule has 0 radical (unpaired) electrons. The first kappa shape index (κ1) is 16.2. The highest BCUT2D eigenvalue weighted by Gasteiger charge is 2.73. The van der Waals surface area contributed by atoms with E-state index in [9.17, 15) is 23.3 Å². The highest BCUT2D eigenvalue weighted by molar-refractivity contribution is 7.92. The predicted octanol–water partition coefficient (Wildman–Crippen LogP) is 3.11. The van der Waals surface area contributed by atoms with E-state index in [1.807, 2.05) is 19.1 Å². The van der Waals surface area contributed by atoms with Crippen LogP contribution in [0.5, 0.6) is 0 Å². The van der Waals surface area contributed by atoms with Gasteiger partial charge in [0, 0.05) is 5.92 Å². The molecule has 4 nitrogen and oxygen atoms in total. The molecule has 0 N–H and O–H groups in total. The van der Waals surface area contributed by atoms with Gasteiger partial charge in [0.2, 0.25) is 0 Å². The molecule has 3 rings (SSSR count). The van der Waals surface area contributed by atoms with Gasteiger partial charge in [-0.25, -0.2) is 12.8 Å². The van der Waals surface area contributed by atoms with Crippen LogP contribution in [0.1, 0.15) is 17.0 Å². The van der Waals surface area contributed by atoms with E-state index in [0.29, 0.717) is 5.56 Å². The van der Waals surface area contributed by atoms with Gasteiger partial charge >= 0.3 is 0 Å². The minimum absolute atomic E-state index is 0.0619. The molecule has 0 bridgehead atoms. The Bertz CT molecular complexity index is 971. The Labute approximate surface area is 139 Å². The number of nitriles is 2. The predicted molar refractivity (Wildman–Crippen MR) is 85.0 cm³/mol. The molecule has 0 aromatic heterocycles. The first-order valence-electron chi connectivity index (χ1n) is 7.25. The van der Waals surface area contributed by atoms with E-state index >= 15 is 0 Å². The molecule has 2 atom stereocenters. The quantitative estimate of drug-likeness (QED) is 0.859. The van der Waals surface area contributed by atoms with Crippen molar-refractivity contribution in [2.45, 2.75) is 23.0 Å². The Kier molecular flexibility index (Phi) is 3.66. The molecule has 24 heavy (non-hydrogen) atoms. The Morgan fingerprint density at radius 3 is 2.25 bits per heavy atom. The average Bonchev–Trinajstić information content (AvgIpc) is 3.26. The first-order chi connectivity index (χ1) is 11.4. The largest absolute Gasteiger partial charge is 0.223 e. The van der Waals surface area contributed by atoms with Crippen LogP contribution in [0.2, 0.25) is 0 Å². The third kappa shape index (κ3) is 2.28. The average molecular weight is 340 g/mol. The van der Waals surface area contributed by atoms with E-state index in [2.05, 4.69) is 0 Å². The van der Waals surface area contributed by atoms with E-state index in [0.717, 1.165) is 5.56 Å². The van der Waals surface area contributed by atoms with Crippen LogP contribution in [0.4, 0.5) is 4.39 Å². The van der Waals surface area contributed by atoms with Crippen molar-refractivity contribution in [2.75, 3.05) is 0 Å². The van der Waals surface area contributed by atoms with Crippen LogP contribution in [0, 0.1) is 40.8 Å². The summed E-state index contributed by atoms with van der Waals surface area (Å²) in [5, 5.41) is 17.7. The lowest BCUT2D eigenvalue weighted by Gasteiger charge is -2.04. The zero-order chi connectivity index (χ0) is 17.5. The Morgan fingerprint density at radius 1 is 1.08 bits per heavy atom. The van der Waals surface area contributed by atoms with E-state index < -0.39 is 32.2 Å². The van der Waals surface area contributed by atoms with E-state index in [-0.39, 0.29) is 4.90 Å². The molecule has 2 aromatic rings. The van der Waals surface area contributed by atoms with Gasteiger partial charge < -0.3 is 0 Å². The number of hydrogen-bond donors (Lipinski definition) is 0. The Hall–Kier alpha value is -2.70. The van der Waals surface area contributed by atoms with Crippen LogP contribution in [0.15, 0.2) is 53.4 Å². The van der Waals surface area contributed by atoms with Crippen LogP contribution in [0.3, 0.4) is 0 Å². The SMILES string of the molecule is Cc1ccc(S(=O)(=O)[C@H]2[C@H](c3cccc(F)c3)C2(C#N)C#N)cc1. The number of hydrogen-bond acceptors (Lipinski definition) is 4. The molecular formula is C18H13FN2O2S. The summed E-state index contributed by atoms with van der Waals surface area (Å²) in [5.74, 6) is -1.40. The van der Waals surface area contributed by atoms with Crippen LogP contribution in [0.25, 0.3) is 0 Å². The Balaban J connectivity index is 2.11. The maximum Gasteiger partial charge on any atom is 0.184 e. The van der Waals surface area contributed by atoms with Crippen LogP contribution >= 0.6 is 0 Å². The lowest BCUT2D eigenvalue weighted by atomic mass is 10.0. The number of rotatable bonds is 3. The topological polar surface area (TPSA) is 81.7 Å². The van der Waals surface area contributed by atoms with Gasteiger partial charge in [-0.2, -0.15) is 10.5 Å². The standard InChI is InChI=1S/C18H13FN2O2S/c1-12-5-7-15(8-6-12)24(22,23)17-16(18(17,10-20)11-21)13-3-2-4-14(19)9-13/h2-9,16-17H,1H3/t16-,17-/m0/s1. The van der Waals surface area contributed by atoms with Gasteiger partial charge in [0.1, 0.15) is 11.1 Å². The third-order valence-corrected chi connectivity index (χ3v) is 6.64. The van der Waals surface area contributed by atoms with Gasteiger partial charge in [-0.3, -0.25) is 0 Å². The summed E-state index contributed by atoms with van der Waals surface area (Å²) < 4.78 is 39.3. The van der Waals surface area contributed by atoms with Gasteiger partial charge in [0.15, 0.2) is 15.3 Å². The fraction of sp³-hybridized carbons (Fsp3) is 0.222. The van der Waals surface area contributed by atoms with Crippen molar-refractivity contribution in [1.82, 2.24) is 0 Å². The summed E-state index contributed by atoms with van der Waals surface area (Å²) in [6.07, 6.45) is 0. The summed E-state index contributed by atoms with van der Waals surface area (Å²) in [6, 6.07) is 15.3. The first-order valence-corrected chi connectivity index (χ1v) is 8.80. The van der Waals surface area contributed by atoms with E-state index in [4.69, 9.17) is 0 Å². The fourth-order valence-electron chi connectivity index (χ4n) is 3.08. The monoisotopic (exact) mass is 340 g/mol. The molecule has 0 unspecified atom stereocenters. The van der Waals surface area contributed by atoms with Gasteiger partial charge in [0.05, 0.1) is 17.0 Å². The lowest BCUT2D eigenvalue weighted by molar-refractivity contribution is 0.591. The summed E-state index contributed by atoms with van der Waals surface area (Å²) >= 11 is 0. The lowest BCUT2D eigenvalue weighted by Crippen LogP contribution is -2.14. The minimum atomic E-state index is -3.89. The molecule has 0 heterocycles. The molecule has 1 saturated carbocycles. The Morgan fingerprint density at radius 2 is 1.71 bits per heavy atom. The highest BCUT2D eigenvalue weighted by atomic mass is 32.2.